The molecule has 7 heteroatoms. The molecule has 5 rings (SSSR count). The second kappa shape index (κ2) is 11.3. The van der Waals surface area contributed by atoms with E-state index in [1.165, 1.54) is 30.3 Å². The van der Waals surface area contributed by atoms with E-state index >= 15 is 0 Å². The van der Waals surface area contributed by atoms with Crippen molar-refractivity contribution in [2.45, 2.75) is 75.9 Å². The zero-order chi connectivity index (χ0) is 25.1. The zero-order valence-corrected chi connectivity index (χ0v) is 22.2. The summed E-state index contributed by atoms with van der Waals surface area (Å²) in [5.74, 6) is 0.745. The molecule has 0 bridgehead atoms. The lowest BCUT2D eigenvalue weighted by Gasteiger charge is -2.29. The number of nitrogens with zero attached hydrogens (tertiary/aromatic N) is 2. The third-order valence-corrected chi connectivity index (χ3v) is 8.69. The molecule has 1 amide bonds. The van der Waals surface area contributed by atoms with Gasteiger partial charge in [0.1, 0.15) is 0 Å². The van der Waals surface area contributed by atoms with E-state index in [-0.39, 0.29) is 11.9 Å². The Morgan fingerprint density at radius 1 is 1.17 bits per heavy atom. The Hall–Kier alpha value is -2.48. The Bertz CT molecular complexity index is 1190. The largest absolute Gasteiger partial charge is 0.390 e. The van der Waals surface area contributed by atoms with Gasteiger partial charge in [0.15, 0.2) is 0 Å². The predicted octanol–water partition coefficient (Wildman–Crippen LogP) is 4.88. The maximum absolute atomic E-state index is 13.6. The van der Waals surface area contributed by atoms with Gasteiger partial charge in [0.2, 0.25) is 0 Å². The highest BCUT2D eigenvalue weighted by Gasteiger charge is 2.26. The van der Waals surface area contributed by atoms with Crippen LogP contribution in [0.3, 0.4) is 0 Å². The van der Waals surface area contributed by atoms with Crippen molar-refractivity contribution in [1.29, 1.82) is 0 Å². The summed E-state index contributed by atoms with van der Waals surface area (Å²) in [5, 5.41) is 19.1. The van der Waals surface area contributed by atoms with Crippen LogP contribution < -0.4 is 14.9 Å². The van der Waals surface area contributed by atoms with Crippen molar-refractivity contribution in [2.75, 3.05) is 17.9 Å². The first-order valence-corrected chi connectivity index (χ1v) is 14.3. The third kappa shape index (κ3) is 5.43. The first kappa shape index (κ1) is 25.2. The number of carbonyl (C=O) groups excluding carboxylic acids is 1. The Labute approximate surface area is 218 Å². The van der Waals surface area contributed by atoms with Crippen molar-refractivity contribution in [3.63, 3.8) is 0 Å². The molecule has 1 aliphatic carbocycles. The maximum atomic E-state index is 13.6. The minimum absolute atomic E-state index is 0.135. The van der Waals surface area contributed by atoms with Crippen LogP contribution >= 0.6 is 11.9 Å². The summed E-state index contributed by atoms with van der Waals surface area (Å²) in [7, 11) is 2.06. The summed E-state index contributed by atoms with van der Waals surface area (Å²) in [6.45, 7) is 2.64. The number of aliphatic hydroxyl groups excluding tert-OH is 1. The quantitative estimate of drug-likeness (QED) is 0.361. The van der Waals surface area contributed by atoms with Gasteiger partial charge in [-0.15, -0.1) is 0 Å². The molecule has 0 unspecified atom stereocenters. The number of benzene rings is 2. The summed E-state index contributed by atoms with van der Waals surface area (Å²) < 4.78 is 4.44. The van der Waals surface area contributed by atoms with Crippen LogP contribution in [0, 0.1) is 0 Å². The molecule has 2 aromatic carbocycles. The minimum atomic E-state index is -0.677. The van der Waals surface area contributed by atoms with E-state index in [9.17, 15) is 9.90 Å². The van der Waals surface area contributed by atoms with Crippen molar-refractivity contribution in [3.05, 3.63) is 65.4 Å². The van der Waals surface area contributed by atoms with Crippen LogP contribution in [0.1, 0.15) is 60.5 Å². The molecule has 0 radical (unpaired) electrons. The SMILES string of the molecule is CCc1cn2c3c(cc(C(=O)N[C@@H](Cc4ccccc4)[C@H](O)CNC4CCCCC4)cc13)N(C)SC2. The first-order valence-electron chi connectivity index (χ1n) is 13.3. The fourth-order valence-electron chi connectivity index (χ4n) is 5.60. The van der Waals surface area contributed by atoms with Gasteiger partial charge < -0.3 is 24.6 Å². The number of aryl methyl sites for hydroxylation is 1. The highest BCUT2D eigenvalue weighted by molar-refractivity contribution is 7.99. The number of amides is 1. The number of rotatable bonds is 9. The summed E-state index contributed by atoms with van der Waals surface area (Å²) in [6, 6.07) is 14.2. The average molecular weight is 507 g/mol. The molecular weight excluding hydrogens is 468 g/mol. The number of hydrogen-bond donors (Lipinski definition) is 3. The van der Waals surface area contributed by atoms with Gasteiger partial charge in [-0.1, -0.05) is 56.5 Å². The monoisotopic (exact) mass is 506 g/mol. The topological polar surface area (TPSA) is 69.5 Å². The molecular formula is C29H38N4O2S. The molecule has 2 atom stereocenters. The van der Waals surface area contributed by atoms with Gasteiger partial charge in [-0.2, -0.15) is 0 Å². The molecule has 3 aromatic rings. The predicted molar refractivity (Wildman–Crippen MR) is 150 cm³/mol. The van der Waals surface area contributed by atoms with Crippen molar-refractivity contribution in [3.8, 4) is 0 Å². The summed E-state index contributed by atoms with van der Waals surface area (Å²) in [5.41, 5.74) is 5.26. The molecule has 2 aliphatic rings. The number of aliphatic hydroxyl groups is 1. The van der Waals surface area contributed by atoms with E-state index in [2.05, 4.69) is 51.8 Å². The minimum Gasteiger partial charge on any atom is -0.390 e. The summed E-state index contributed by atoms with van der Waals surface area (Å²) in [4.78, 5) is 13.6. The van der Waals surface area contributed by atoms with Crippen LogP contribution in [0.4, 0.5) is 5.69 Å². The molecule has 3 N–H and O–H groups in total. The van der Waals surface area contributed by atoms with E-state index in [0.29, 0.717) is 24.6 Å². The first-order chi connectivity index (χ1) is 17.5. The van der Waals surface area contributed by atoms with Crippen molar-refractivity contribution < 1.29 is 9.90 Å². The maximum Gasteiger partial charge on any atom is 0.251 e. The molecule has 0 spiro atoms. The van der Waals surface area contributed by atoms with Gasteiger partial charge in [-0.3, -0.25) is 4.79 Å². The molecule has 1 aromatic heterocycles. The number of anilines is 1. The second-order valence-corrected chi connectivity index (χ2v) is 11.3. The zero-order valence-electron chi connectivity index (χ0n) is 21.4. The van der Waals surface area contributed by atoms with E-state index in [4.69, 9.17) is 0 Å². The summed E-state index contributed by atoms with van der Waals surface area (Å²) >= 11 is 1.74. The Morgan fingerprint density at radius 2 is 1.94 bits per heavy atom. The van der Waals surface area contributed by atoms with Gasteiger partial charge in [0, 0.05) is 36.8 Å². The smallest absolute Gasteiger partial charge is 0.251 e. The van der Waals surface area contributed by atoms with Crippen molar-refractivity contribution >= 4 is 34.4 Å². The Balaban J connectivity index is 1.38. The van der Waals surface area contributed by atoms with Gasteiger partial charge in [0.05, 0.1) is 29.2 Å². The highest BCUT2D eigenvalue weighted by atomic mass is 32.2. The third-order valence-electron chi connectivity index (χ3n) is 7.71. The fourth-order valence-corrected chi connectivity index (χ4v) is 6.38. The molecule has 0 saturated heterocycles. The lowest BCUT2D eigenvalue weighted by atomic mass is 9.94. The van der Waals surface area contributed by atoms with Crippen LogP contribution in [-0.4, -0.2) is 47.4 Å². The number of hydrogen-bond acceptors (Lipinski definition) is 5. The lowest BCUT2D eigenvalue weighted by molar-refractivity contribution is 0.0821. The van der Waals surface area contributed by atoms with Crippen LogP contribution in [-0.2, 0) is 18.7 Å². The van der Waals surface area contributed by atoms with Gasteiger partial charge in [-0.05, 0) is 60.9 Å². The molecule has 192 valence electrons. The van der Waals surface area contributed by atoms with Crippen LogP contribution in [0.25, 0.3) is 10.9 Å². The summed E-state index contributed by atoms with van der Waals surface area (Å²) in [6.07, 6.45) is 9.17. The standard InChI is InChI=1S/C29H38N4O2S/c1-3-21-18-33-19-36-32(2)26-16-22(15-24(21)28(26)33)29(35)31-25(14-20-10-6-4-7-11-20)27(34)17-30-23-12-8-5-9-13-23/h4,6-7,10-11,15-16,18,23,25,27,30,34H,3,5,8-9,12-14,17,19H2,1-2H3,(H,31,35)/t25-,27+/m0/s1. The average Bonchev–Trinajstić information content (AvgIpc) is 3.28. The second-order valence-electron chi connectivity index (χ2n) is 10.2. The van der Waals surface area contributed by atoms with E-state index in [0.717, 1.165) is 41.8 Å². The van der Waals surface area contributed by atoms with Crippen LogP contribution in [0.15, 0.2) is 48.7 Å². The molecule has 1 saturated carbocycles. The lowest BCUT2D eigenvalue weighted by Crippen LogP contribution is -2.50. The fraction of sp³-hybridized carbons (Fsp3) is 0.483. The molecule has 1 aliphatic heterocycles. The van der Waals surface area contributed by atoms with Crippen molar-refractivity contribution in [1.82, 2.24) is 15.2 Å². The molecule has 1 fully saturated rings. The Kier molecular flexibility index (Phi) is 7.89. The number of nitrogens with one attached hydrogen (secondary N) is 2. The van der Waals surface area contributed by atoms with E-state index < -0.39 is 6.10 Å². The van der Waals surface area contributed by atoms with Gasteiger partial charge in [0.25, 0.3) is 5.91 Å². The normalized spacial score (nSPS) is 17.8. The Morgan fingerprint density at radius 3 is 2.69 bits per heavy atom. The highest BCUT2D eigenvalue weighted by Crippen LogP contribution is 2.39. The molecule has 2 heterocycles. The van der Waals surface area contributed by atoms with E-state index in [1.807, 2.05) is 30.3 Å². The number of aromatic nitrogens is 1. The number of carbonyl (C=O) groups is 1. The van der Waals surface area contributed by atoms with Crippen molar-refractivity contribution in [2.24, 2.45) is 0 Å². The molecule has 6 nitrogen and oxygen atoms in total. The van der Waals surface area contributed by atoms with Crippen LogP contribution in [0.2, 0.25) is 0 Å². The van der Waals surface area contributed by atoms with Gasteiger partial charge in [-0.25, -0.2) is 0 Å². The molecule has 36 heavy (non-hydrogen) atoms. The van der Waals surface area contributed by atoms with E-state index in [1.54, 1.807) is 11.9 Å². The van der Waals surface area contributed by atoms with Gasteiger partial charge >= 0.3 is 0 Å². The van der Waals surface area contributed by atoms with Crippen LogP contribution in [0.5, 0.6) is 0 Å².